The fourth-order valence-electron chi connectivity index (χ4n) is 10.2. The third kappa shape index (κ3) is 9.97. The van der Waals surface area contributed by atoms with Crippen LogP contribution in [0, 0.1) is 0 Å². The van der Waals surface area contributed by atoms with E-state index in [0.29, 0.717) is 77.0 Å². The summed E-state index contributed by atoms with van der Waals surface area (Å²) in [4.78, 5) is 0. The molecule has 0 amide bonds. The van der Waals surface area contributed by atoms with Crippen LogP contribution in [0.15, 0.2) is 106 Å². The number of rotatable bonds is 18. The topological polar surface area (TPSA) is 114 Å². The van der Waals surface area contributed by atoms with Gasteiger partial charge >= 0.3 is 0 Å². The monoisotopic (exact) mass is 980 g/mol. The number of hydrogen-bond donors (Lipinski definition) is 2. The van der Waals surface area contributed by atoms with Gasteiger partial charge in [-0.1, -0.05) is 105 Å². The first kappa shape index (κ1) is 47.4. The summed E-state index contributed by atoms with van der Waals surface area (Å²) in [5, 5.41) is 24.2. The van der Waals surface area contributed by atoms with Crippen LogP contribution in [0.5, 0.6) is 0 Å². The summed E-state index contributed by atoms with van der Waals surface area (Å²) in [6.45, 7) is 0.648. The highest BCUT2D eigenvalue weighted by molar-refractivity contribution is 9.10. The van der Waals surface area contributed by atoms with Crippen molar-refractivity contribution in [3.8, 4) is 0 Å². The summed E-state index contributed by atoms with van der Waals surface area (Å²) in [6, 6.07) is 33.1. The van der Waals surface area contributed by atoms with E-state index in [-0.39, 0.29) is 27.2 Å². The molecule has 0 unspecified atom stereocenters. The summed E-state index contributed by atoms with van der Waals surface area (Å²) in [7, 11) is 6.55. The lowest BCUT2D eigenvalue weighted by molar-refractivity contribution is -0.203. The third-order valence-corrected chi connectivity index (χ3v) is 15.1. The quantitative estimate of drug-likeness (QED) is 0.0934. The zero-order chi connectivity index (χ0) is 43.9. The highest BCUT2D eigenvalue weighted by atomic mass is 79.9. The predicted octanol–water partition coefficient (Wildman–Crippen LogP) is 10.7. The van der Waals surface area contributed by atoms with Gasteiger partial charge in [-0.05, 0) is 135 Å². The minimum absolute atomic E-state index is 0.143. The number of halogens is 2. The highest BCUT2D eigenvalue weighted by Crippen LogP contribution is 2.53. The van der Waals surface area contributed by atoms with Crippen LogP contribution < -0.4 is 0 Å². The second-order valence-corrected chi connectivity index (χ2v) is 19.2. The standard InChI is InChI=1S/C50H62Br2O10/c1-55-33-59-47(41-13-17-43(51)18-14-41)25-21-45(53,22-26-47)37-5-9-39(10-6-37)49(61-35-57-3)29-31-50(32-30-49,62-36-58-4)40-11-7-38(8-12-40)46(54)23-27-48(28-24-46,60-34-56-2)42-15-19-44(52)20-16-42/h5-20,53-54H,21-36H2,1-4H3. The van der Waals surface area contributed by atoms with Gasteiger partial charge in [-0.25, -0.2) is 0 Å². The van der Waals surface area contributed by atoms with E-state index in [4.69, 9.17) is 37.9 Å². The minimum Gasteiger partial charge on any atom is -0.385 e. The van der Waals surface area contributed by atoms with Crippen molar-refractivity contribution in [1.82, 2.24) is 0 Å². The van der Waals surface area contributed by atoms with Crippen LogP contribution in [-0.4, -0.2) is 65.8 Å². The highest BCUT2D eigenvalue weighted by Gasteiger charge is 2.49. The third-order valence-electron chi connectivity index (χ3n) is 14.1. The van der Waals surface area contributed by atoms with E-state index in [1.165, 1.54) is 0 Å². The van der Waals surface area contributed by atoms with Crippen molar-refractivity contribution in [3.05, 3.63) is 139 Å². The molecule has 0 saturated heterocycles. The van der Waals surface area contributed by atoms with Gasteiger partial charge in [0.2, 0.25) is 0 Å². The molecule has 3 fully saturated rings. The second kappa shape index (κ2) is 20.3. The van der Waals surface area contributed by atoms with E-state index in [2.05, 4.69) is 105 Å². The number of methoxy groups -OCH3 is 4. The largest absolute Gasteiger partial charge is 0.385 e. The molecule has 0 atom stereocenters. The van der Waals surface area contributed by atoms with Crippen LogP contribution in [0.2, 0.25) is 0 Å². The van der Waals surface area contributed by atoms with E-state index in [1.54, 1.807) is 28.4 Å². The Balaban J connectivity index is 1.06. The maximum Gasteiger partial charge on any atom is 0.147 e. The zero-order valence-corrected chi connectivity index (χ0v) is 39.6. The minimum atomic E-state index is -0.999. The van der Waals surface area contributed by atoms with Crippen LogP contribution in [0.3, 0.4) is 0 Å². The van der Waals surface area contributed by atoms with E-state index in [9.17, 15) is 10.2 Å². The molecule has 0 bridgehead atoms. The molecular weight excluding hydrogens is 920 g/mol. The van der Waals surface area contributed by atoms with E-state index in [1.807, 2.05) is 24.3 Å². The normalized spacial score (nSPS) is 30.3. The van der Waals surface area contributed by atoms with Crippen LogP contribution in [0.1, 0.15) is 110 Å². The molecule has 0 heterocycles. The van der Waals surface area contributed by atoms with Gasteiger partial charge in [0.25, 0.3) is 0 Å². The molecule has 7 rings (SSSR count). The Labute approximate surface area is 383 Å². The van der Waals surface area contributed by atoms with Crippen molar-refractivity contribution >= 4 is 31.9 Å². The van der Waals surface area contributed by atoms with Crippen molar-refractivity contribution in [2.45, 2.75) is 111 Å². The SMILES string of the molecule is COCOC1(c2ccc(Br)cc2)CCC(O)(c2ccc(C3(OCOC)CCC(OCOC)(c4ccc(C5(O)CCC(OCOC)(c6ccc(Br)cc6)CC5)cc4)CC3)cc2)CC1. The number of hydrogen-bond acceptors (Lipinski definition) is 10. The molecule has 0 spiro atoms. The first-order valence-corrected chi connectivity index (χ1v) is 23.2. The van der Waals surface area contributed by atoms with Gasteiger partial charge in [0.15, 0.2) is 0 Å². The molecule has 2 N–H and O–H groups in total. The summed E-state index contributed by atoms with van der Waals surface area (Å²) in [5.41, 5.74) is 1.68. The number of ether oxygens (including phenoxy) is 8. The molecule has 3 aliphatic carbocycles. The van der Waals surface area contributed by atoms with Gasteiger partial charge in [0.05, 0.1) is 33.6 Å². The average Bonchev–Trinajstić information content (AvgIpc) is 3.31. The van der Waals surface area contributed by atoms with Crippen molar-refractivity contribution in [1.29, 1.82) is 0 Å². The van der Waals surface area contributed by atoms with Crippen LogP contribution in [0.4, 0.5) is 0 Å². The Bertz CT molecular complexity index is 1850. The number of aliphatic hydroxyl groups is 2. The van der Waals surface area contributed by atoms with Crippen molar-refractivity contribution < 1.29 is 48.1 Å². The first-order valence-electron chi connectivity index (χ1n) is 21.6. The molecule has 4 aromatic carbocycles. The Morgan fingerprint density at radius 2 is 0.532 bits per heavy atom. The maximum absolute atomic E-state index is 12.1. The molecule has 0 radical (unpaired) electrons. The Morgan fingerprint density at radius 1 is 0.339 bits per heavy atom. The molecule has 0 aliphatic heterocycles. The smallest absolute Gasteiger partial charge is 0.147 e. The van der Waals surface area contributed by atoms with Gasteiger partial charge < -0.3 is 48.1 Å². The van der Waals surface area contributed by atoms with Crippen molar-refractivity contribution in [3.63, 3.8) is 0 Å². The Kier molecular flexibility index (Phi) is 15.5. The Morgan fingerprint density at radius 3 is 0.758 bits per heavy atom. The van der Waals surface area contributed by atoms with E-state index < -0.39 is 33.6 Å². The maximum atomic E-state index is 12.1. The first-order chi connectivity index (χ1) is 29.9. The van der Waals surface area contributed by atoms with Crippen molar-refractivity contribution in [2.75, 3.05) is 55.6 Å². The lowest BCUT2D eigenvalue weighted by Gasteiger charge is -2.47. The summed E-state index contributed by atoms with van der Waals surface area (Å²) in [5.74, 6) is 0. The summed E-state index contributed by atoms with van der Waals surface area (Å²) in [6.07, 6.45) is 7.45. The summed E-state index contributed by atoms with van der Waals surface area (Å²) < 4.78 is 49.6. The molecular formula is C50H62Br2O10. The zero-order valence-electron chi connectivity index (χ0n) is 36.5. The fourth-order valence-corrected chi connectivity index (χ4v) is 10.7. The van der Waals surface area contributed by atoms with Crippen LogP contribution in [0.25, 0.3) is 0 Å². The van der Waals surface area contributed by atoms with Crippen molar-refractivity contribution in [2.24, 2.45) is 0 Å². The van der Waals surface area contributed by atoms with E-state index in [0.717, 1.165) is 42.3 Å². The van der Waals surface area contributed by atoms with Gasteiger partial charge in [-0.15, -0.1) is 0 Å². The van der Waals surface area contributed by atoms with Gasteiger partial charge in [0, 0.05) is 37.4 Å². The van der Waals surface area contributed by atoms with Gasteiger partial charge in [-0.3, -0.25) is 0 Å². The number of benzene rings is 4. The Hall–Kier alpha value is -2.56. The van der Waals surface area contributed by atoms with Gasteiger partial charge in [-0.2, -0.15) is 0 Å². The lowest BCUT2D eigenvalue weighted by atomic mass is 9.68. The summed E-state index contributed by atoms with van der Waals surface area (Å²) >= 11 is 7.10. The molecule has 3 aliphatic rings. The lowest BCUT2D eigenvalue weighted by Crippen LogP contribution is -2.44. The molecule has 3 saturated carbocycles. The molecule has 62 heavy (non-hydrogen) atoms. The van der Waals surface area contributed by atoms with Crippen LogP contribution in [-0.2, 0) is 71.5 Å². The van der Waals surface area contributed by atoms with E-state index >= 15 is 0 Å². The molecule has 0 aromatic heterocycles. The molecule has 336 valence electrons. The predicted molar refractivity (Wildman–Crippen MR) is 243 cm³/mol. The second-order valence-electron chi connectivity index (χ2n) is 17.4. The molecule has 10 nitrogen and oxygen atoms in total. The molecule has 12 heteroatoms. The molecule has 4 aromatic rings. The van der Waals surface area contributed by atoms with Gasteiger partial charge in [0.1, 0.15) is 27.2 Å². The fraction of sp³-hybridized carbons (Fsp3) is 0.520. The van der Waals surface area contributed by atoms with Crippen LogP contribution >= 0.6 is 31.9 Å². The average molecular weight is 983 g/mol.